The number of carbonyl (C=O) groups excluding carboxylic acids is 1. The largest absolute Gasteiger partial charge is 0.319 e. The minimum absolute atomic E-state index is 0.167. The fraction of sp³-hybridized carbons (Fsp3) is 0.333. The van der Waals surface area contributed by atoms with E-state index in [0.717, 1.165) is 49.1 Å². The number of halogens is 1. The van der Waals surface area contributed by atoms with Crippen molar-refractivity contribution in [3.8, 4) is 5.69 Å². The second-order valence-electron chi connectivity index (χ2n) is 8.17. The van der Waals surface area contributed by atoms with Crippen molar-refractivity contribution in [2.24, 2.45) is 7.05 Å². The summed E-state index contributed by atoms with van der Waals surface area (Å²) >= 11 is 6.08. The van der Waals surface area contributed by atoms with Gasteiger partial charge in [0.25, 0.3) is 5.56 Å². The highest BCUT2D eigenvalue weighted by Crippen LogP contribution is 2.15. The van der Waals surface area contributed by atoms with Crippen LogP contribution in [0.5, 0.6) is 0 Å². The first-order valence-electron chi connectivity index (χ1n) is 10.8. The summed E-state index contributed by atoms with van der Waals surface area (Å²) in [4.78, 5) is 30.2. The van der Waals surface area contributed by atoms with Gasteiger partial charge in [-0.1, -0.05) is 41.9 Å². The first kappa shape index (κ1) is 22.3. The maximum absolute atomic E-state index is 13.0. The zero-order valence-corrected chi connectivity index (χ0v) is 19.2. The van der Waals surface area contributed by atoms with Crippen LogP contribution in [0.4, 0.5) is 5.69 Å². The Balaban J connectivity index is 1.34. The first-order valence-corrected chi connectivity index (χ1v) is 11.1. The van der Waals surface area contributed by atoms with E-state index in [1.165, 1.54) is 5.56 Å². The molecule has 0 saturated carbocycles. The Morgan fingerprint density at radius 2 is 1.69 bits per heavy atom. The van der Waals surface area contributed by atoms with Crippen LogP contribution in [0.2, 0.25) is 5.02 Å². The van der Waals surface area contributed by atoms with Crippen molar-refractivity contribution >= 4 is 23.2 Å². The molecule has 7 nitrogen and oxygen atoms in total. The third-order valence-corrected chi connectivity index (χ3v) is 6.18. The van der Waals surface area contributed by atoms with E-state index in [9.17, 15) is 9.59 Å². The number of hydrogen-bond donors (Lipinski definition) is 1. The lowest BCUT2D eigenvalue weighted by molar-refractivity contribution is -0.117. The van der Waals surface area contributed by atoms with Crippen molar-refractivity contribution in [2.45, 2.75) is 13.5 Å². The molecule has 8 heteroatoms. The zero-order valence-electron chi connectivity index (χ0n) is 18.4. The van der Waals surface area contributed by atoms with Gasteiger partial charge in [0.15, 0.2) is 0 Å². The normalized spacial score (nSPS) is 15.1. The molecule has 1 aliphatic heterocycles. The van der Waals surface area contributed by atoms with Crippen LogP contribution in [-0.2, 0) is 18.4 Å². The van der Waals surface area contributed by atoms with Gasteiger partial charge >= 0.3 is 0 Å². The van der Waals surface area contributed by atoms with Crippen LogP contribution in [0.1, 0.15) is 11.3 Å². The lowest BCUT2D eigenvalue weighted by atomic mass is 10.2. The van der Waals surface area contributed by atoms with E-state index in [1.807, 2.05) is 62.5 Å². The molecule has 0 spiro atoms. The number of carbonyl (C=O) groups is 1. The summed E-state index contributed by atoms with van der Waals surface area (Å²) in [6, 6.07) is 17.3. The second-order valence-corrected chi connectivity index (χ2v) is 8.60. The Bertz CT molecular complexity index is 1150. The second kappa shape index (κ2) is 9.73. The summed E-state index contributed by atoms with van der Waals surface area (Å²) in [6.07, 6.45) is 0. The smallest absolute Gasteiger partial charge is 0.295 e. The molecule has 0 radical (unpaired) electrons. The highest BCUT2D eigenvalue weighted by molar-refractivity contribution is 6.30. The van der Waals surface area contributed by atoms with Gasteiger partial charge in [-0.15, -0.1) is 0 Å². The number of nitrogens with one attached hydrogen (secondary N) is 1. The molecule has 0 atom stereocenters. The van der Waals surface area contributed by atoms with Crippen LogP contribution in [0.3, 0.4) is 0 Å². The fourth-order valence-corrected chi connectivity index (χ4v) is 4.31. The van der Waals surface area contributed by atoms with E-state index in [2.05, 4.69) is 21.2 Å². The number of nitrogens with zero attached hydrogens (tertiary/aromatic N) is 4. The Kier molecular flexibility index (Phi) is 6.79. The molecular weight excluding hydrogens is 426 g/mol. The van der Waals surface area contributed by atoms with Crippen LogP contribution in [0.25, 0.3) is 5.69 Å². The van der Waals surface area contributed by atoms with E-state index >= 15 is 0 Å². The highest BCUT2D eigenvalue weighted by atomic mass is 35.5. The number of aromatic nitrogens is 2. The third-order valence-electron chi connectivity index (χ3n) is 5.95. The molecule has 1 amide bonds. The number of para-hydroxylation sites is 1. The summed E-state index contributed by atoms with van der Waals surface area (Å²) in [7, 11) is 1.82. The average Bonchev–Trinajstić information content (AvgIpc) is 2.99. The van der Waals surface area contributed by atoms with Crippen molar-refractivity contribution in [1.29, 1.82) is 0 Å². The Labute approximate surface area is 192 Å². The summed E-state index contributed by atoms with van der Waals surface area (Å²) in [5.74, 6) is -0.167. The number of rotatable bonds is 6. The zero-order chi connectivity index (χ0) is 22.7. The van der Waals surface area contributed by atoms with Gasteiger partial charge in [0.2, 0.25) is 5.91 Å². The number of piperazine rings is 1. The van der Waals surface area contributed by atoms with E-state index in [-0.39, 0.29) is 18.0 Å². The van der Waals surface area contributed by atoms with Crippen molar-refractivity contribution in [1.82, 2.24) is 19.2 Å². The predicted molar refractivity (Wildman–Crippen MR) is 128 cm³/mol. The molecule has 1 N–H and O–H groups in total. The third kappa shape index (κ3) is 4.96. The molecule has 3 aromatic rings. The number of benzene rings is 2. The molecule has 1 aromatic heterocycles. The lowest BCUT2D eigenvalue weighted by Gasteiger charge is -2.34. The molecule has 1 aliphatic rings. The maximum Gasteiger partial charge on any atom is 0.295 e. The Morgan fingerprint density at radius 3 is 2.38 bits per heavy atom. The molecule has 0 unspecified atom stereocenters. The molecule has 2 aromatic carbocycles. The molecule has 4 rings (SSSR count). The summed E-state index contributed by atoms with van der Waals surface area (Å²) in [5, 5.41) is 3.60. The summed E-state index contributed by atoms with van der Waals surface area (Å²) in [6.45, 7) is 6.32. The first-order chi connectivity index (χ1) is 15.4. The van der Waals surface area contributed by atoms with Crippen LogP contribution in [-0.4, -0.2) is 57.8 Å². The molecule has 32 heavy (non-hydrogen) atoms. The van der Waals surface area contributed by atoms with Crippen molar-refractivity contribution in [3.63, 3.8) is 0 Å². The van der Waals surface area contributed by atoms with Gasteiger partial charge in [-0.2, -0.15) is 0 Å². The molecule has 0 aliphatic carbocycles. The monoisotopic (exact) mass is 453 g/mol. The highest BCUT2D eigenvalue weighted by Gasteiger charge is 2.22. The standard InChI is InChI=1S/C24H28ClN5O2/c1-18-23(24(32)30(27(18)2)21-9-4-3-5-10-21)26-22(31)17-29-13-11-28(12-14-29)16-19-7-6-8-20(25)15-19/h3-10,15H,11-14,16-17H2,1-2H3,(H,26,31). The summed E-state index contributed by atoms with van der Waals surface area (Å²) in [5.41, 5.74) is 2.78. The predicted octanol–water partition coefficient (Wildman–Crippen LogP) is 2.89. The van der Waals surface area contributed by atoms with E-state index in [4.69, 9.17) is 11.6 Å². The maximum atomic E-state index is 13.0. The van der Waals surface area contributed by atoms with E-state index in [0.29, 0.717) is 5.69 Å². The lowest BCUT2D eigenvalue weighted by Crippen LogP contribution is -2.48. The minimum Gasteiger partial charge on any atom is -0.319 e. The van der Waals surface area contributed by atoms with Gasteiger partial charge in [-0.3, -0.25) is 24.1 Å². The molecule has 0 bridgehead atoms. The SMILES string of the molecule is Cc1c(NC(=O)CN2CCN(Cc3cccc(Cl)c3)CC2)c(=O)n(-c2ccccc2)n1C. The van der Waals surface area contributed by atoms with Gasteiger partial charge < -0.3 is 5.32 Å². The van der Waals surface area contributed by atoms with Crippen molar-refractivity contribution < 1.29 is 4.79 Å². The molecule has 1 saturated heterocycles. The molecular formula is C24H28ClN5O2. The minimum atomic E-state index is -0.226. The molecule has 168 valence electrons. The molecule has 2 heterocycles. The van der Waals surface area contributed by atoms with Gasteiger partial charge in [-0.25, -0.2) is 4.68 Å². The van der Waals surface area contributed by atoms with E-state index in [1.54, 1.807) is 9.36 Å². The Hall–Kier alpha value is -2.87. The fourth-order valence-electron chi connectivity index (χ4n) is 4.09. The number of hydrogen-bond acceptors (Lipinski definition) is 4. The quantitative estimate of drug-likeness (QED) is 0.623. The molecule has 1 fully saturated rings. The van der Waals surface area contributed by atoms with E-state index < -0.39 is 0 Å². The topological polar surface area (TPSA) is 62.5 Å². The van der Waals surface area contributed by atoms with Crippen LogP contribution in [0, 0.1) is 6.92 Å². The van der Waals surface area contributed by atoms with Crippen molar-refractivity contribution in [3.05, 3.63) is 81.2 Å². The Morgan fingerprint density at radius 1 is 1.00 bits per heavy atom. The van der Waals surface area contributed by atoms with Crippen LogP contribution in [0.15, 0.2) is 59.4 Å². The van der Waals surface area contributed by atoms with Gasteiger partial charge in [0, 0.05) is 44.8 Å². The van der Waals surface area contributed by atoms with Crippen LogP contribution < -0.4 is 10.9 Å². The van der Waals surface area contributed by atoms with Gasteiger partial charge in [0.1, 0.15) is 5.69 Å². The van der Waals surface area contributed by atoms with Gasteiger partial charge in [-0.05, 0) is 36.8 Å². The number of anilines is 1. The average molecular weight is 454 g/mol. The number of amides is 1. The van der Waals surface area contributed by atoms with Gasteiger partial charge in [0.05, 0.1) is 17.9 Å². The summed E-state index contributed by atoms with van der Waals surface area (Å²) < 4.78 is 3.33. The van der Waals surface area contributed by atoms with Crippen LogP contribution >= 0.6 is 11.6 Å². The van der Waals surface area contributed by atoms with Crippen molar-refractivity contribution in [2.75, 3.05) is 38.0 Å².